The van der Waals surface area contributed by atoms with Gasteiger partial charge in [0.1, 0.15) is 12.6 Å². The number of ether oxygens (including phenoxy) is 1. The van der Waals surface area contributed by atoms with E-state index in [1.165, 1.54) is 0 Å². The quantitative estimate of drug-likeness (QED) is 0.906. The van der Waals surface area contributed by atoms with Crippen LogP contribution in [0.15, 0.2) is 30.3 Å². The van der Waals surface area contributed by atoms with E-state index in [9.17, 15) is 18.0 Å². The predicted molar refractivity (Wildman–Crippen MR) is 66.0 cm³/mol. The Hall–Kier alpha value is -1.76. The fourth-order valence-corrected chi connectivity index (χ4v) is 2.02. The maximum Gasteiger partial charge on any atom is 0.410 e. The van der Waals surface area contributed by atoms with Crippen LogP contribution in [-0.4, -0.2) is 42.8 Å². The molecule has 0 aliphatic carbocycles. The smallest absolute Gasteiger partial charge is 0.410 e. The van der Waals surface area contributed by atoms with Crippen molar-refractivity contribution < 1.29 is 22.7 Å². The first kappa shape index (κ1) is 14.6. The molecular weight excluding hydrogens is 273 g/mol. The number of benzene rings is 1. The van der Waals surface area contributed by atoms with Crippen molar-refractivity contribution in [2.75, 3.05) is 19.6 Å². The zero-order valence-corrected chi connectivity index (χ0v) is 10.7. The molecule has 1 aromatic carbocycles. The highest BCUT2D eigenvalue weighted by atomic mass is 19.4. The van der Waals surface area contributed by atoms with E-state index < -0.39 is 18.3 Å². The second-order valence-electron chi connectivity index (χ2n) is 4.50. The van der Waals surface area contributed by atoms with E-state index in [0.29, 0.717) is 6.54 Å². The monoisotopic (exact) mass is 288 g/mol. The molecule has 1 atom stereocenters. The van der Waals surface area contributed by atoms with Gasteiger partial charge in [-0.05, 0) is 5.56 Å². The van der Waals surface area contributed by atoms with Gasteiger partial charge in [0, 0.05) is 19.6 Å². The highest BCUT2D eigenvalue weighted by Gasteiger charge is 2.47. The van der Waals surface area contributed by atoms with Gasteiger partial charge in [0.25, 0.3) is 0 Å². The molecule has 1 amide bonds. The standard InChI is InChI=1S/C13H15F3N2O2/c14-13(15,16)11-8-17-6-7-18(11)12(19)20-9-10-4-2-1-3-5-10/h1-5,11,17H,6-9H2. The number of carbonyl (C=O) groups excluding carboxylic acids is 1. The number of alkyl halides is 3. The summed E-state index contributed by atoms with van der Waals surface area (Å²) in [6, 6.07) is 7.00. The van der Waals surface area contributed by atoms with Crippen LogP contribution in [0.4, 0.5) is 18.0 Å². The predicted octanol–water partition coefficient (Wildman–Crippen LogP) is 2.16. The SMILES string of the molecule is O=C(OCc1ccccc1)N1CCNCC1C(F)(F)F. The van der Waals surface area contributed by atoms with Gasteiger partial charge in [0.05, 0.1) is 0 Å². The molecule has 4 nitrogen and oxygen atoms in total. The minimum Gasteiger partial charge on any atom is -0.445 e. The van der Waals surface area contributed by atoms with Crippen LogP contribution in [0.5, 0.6) is 0 Å². The molecule has 0 spiro atoms. The van der Waals surface area contributed by atoms with E-state index in [-0.39, 0.29) is 19.7 Å². The van der Waals surface area contributed by atoms with E-state index in [4.69, 9.17) is 4.74 Å². The molecule has 1 heterocycles. The number of hydrogen-bond donors (Lipinski definition) is 1. The van der Waals surface area contributed by atoms with Crippen LogP contribution >= 0.6 is 0 Å². The van der Waals surface area contributed by atoms with Crippen LogP contribution in [0.25, 0.3) is 0 Å². The average molecular weight is 288 g/mol. The molecule has 0 bridgehead atoms. The van der Waals surface area contributed by atoms with Gasteiger partial charge >= 0.3 is 12.3 Å². The van der Waals surface area contributed by atoms with Gasteiger partial charge in [-0.3, -0.25) is 4.90 Å². The first-order chi connectivity index (χ1) is 9.48. The minimum atomic E-state index is -4.46. The summed E-state index contributed by atoms with van der Waals surface area (Å²) in [5.74, 6) is 0. The Bertz CT molecular complexity index is 451. The summed E-state index contributed by atoms with van der Waals surface area (Å²) >= 11 is 0. The van der Waals surface area contributed by atoms with Crippen molar-refractivity contribution in [1.82, 2.24) is 10.2 Å². The second kappa shape index (κ2) is 6.13. The van der Waals surface area contributed by atoms with Gasteiger partial charge in [0.15, 0.2) is 0 Å². The maximum atomic E-state index is 12.8. The van der Waals surface area contributed by atoms with Crippen molar-refractivity contribution in [3.63, 3.8) is 0 Å². The van der Waals surface area contributed by atoms with Crippen molar-refractivity contribution in [3.8, 4) is 0 Å². The third-order valence-electron chi connectivity index (χ3n) is 3.06. The van der Waals surface area contributed by atoms with Gasteiger partial charge in [-0.1, -0.05) is 30.3 Å². The number of halogens is 3. The molecule has 1 aromatic rings. The lowest BCUT2D eigenvalue weighted by Gasteiger charge is -2.36. The van der Waals surface area contributed by atoms with Crippen LogP contribution in [0, 0.1) is 0 Å². The summed E-state index contributed by atoms with van der Waals surface area (Å²) in [5.41, 5.74) is 0.736. The number of amides is 1. The maximum absolute atomic E-state index is 12.8. The molecule has 1 saturated heterocycles. The summed E-state index contributed by atoms with van der Waals surface area (Å²) in [7, 11) is 0. The number of nitrogens with zero attached hydrogens (tertiary/aromatic N) is 1. The van der Waals surface area contributed by atoms with E-state index in [0.717, 1.165) is 10.5 Å². The van der Waals surface area contributed by atoms with Crippen molar-refractivity contribution in [3.05, 3.63) is 35.9 Å². The molecular formula is C13H15F3N2O2. The van der Waals surface area contributed by atoms with Crippen LogP contribution < -0.4 is 5.32 Å². The van der Waals surface area contributed by atoms with Crippen molar-refractivity contribution in [2.45, 2.75) is 18.8 Å². The number of nitrogens with one attached hydrogen (secondary N) is 1. The lowest BCUT2D eigenvalue weighted by Crippen LogP contribution is -2.59. The van der Waals surface area contributed by atoms with Crippen LogP contribution in [0.1, 0.15) is 5.56 Å². The molecule has 2 rings (SSSR count). The average Bonchev–Trinajstić information content (AvgIpc) is 2.45. The molecule has 0 aromatic heterocycles. The lowest BCUT2D eigenvalue weighted by molar-refractivity contribution is -0.181. The van der Waals surface area contributed by atoms with E-state index in [1.54, 1.807) is 30.3 Å². The Morgan fingerprint density at radius 3 is 2.70 bits per heavy atom. The molecule has 7 heteroatoms. The molecule has 1 aliphatic heterocycles. The largest absolute Gasteiger partial charge is 0.445 e. The Labute approximate surface area is 114 Å². The van der Waals surface area contributed by atoms with Crippen molar-refractivity contribution in [1.29, 1.82) is 0 Å². The van der Waals surface area contributed by atoms with Crippen LogP contribution in [0.2, 0.25) is 0 Å². The Morgan fingerprint density at radius 1 is 1.35 bits per heavy atom. The fraction of sp³-hybridized carbons (Fsp3) is 0.462. The number of hydrogen-bond acceptors (Lipinski definition) is 3. The van der Waals surface area contributed by atoms with Crippen LogP contribution in [0.3, 0.4) is 0 Å². The van der Waals surface area contributed by atoms with E-state index >= 15 is 0 Å². The topological polar surface area (TPSA) is 41.6 Å². The number of carbonyl (C=O) groups is 1. The Kier molecular flexibility index (Phi) is 4.49. The molecule has 1 fully saturated rings. The van der Waals surface area contributed by atoms with Crippen LogP contribution in [-0.2, 0) is 11.3 Å². The summed E-state index contributed by atoms with van der Waals surface area (Å²) in [4.78, 5) is 12.5. The van der Waals surface area contributed by atoms with Gasteiger partial charge in [-0.15, -0.1) is 0 Å². The molecule has 0 radical (unpaired) electrons. The third kappa shape index (κ3) is 3.63. The molecule has 1 N–H and O–H groups in total. The van der Waals surface area contributed by atoms with Gasteiger partial charge < -0.3 is 10.1 Å². The molecule has 0 saturated carbocycles. The highest BCUT2D eigenvalue weighted by molar-refractivity contribution is 5.68. The summed E-state index contributed by atoms with van der Waals surface area (Å²) in [5, 5.41) is 2.63. The Balaban J connectivity index is 1.96. The Morgan fingerprint density at radius 2 is 2.05 bits per heavy atom. The lowest BCUT2D eigenvalue weighted by atomic mass is 10.2. The highest BCUT2D eigenvalue weighted by Crippen LogP contribution is 2.26. The third-order valence-corrected chi connectivity index (χ3v) is 3.06. The normalized spacial score (nSPS) is 19.8. The first-order valence-electron chi connectivity index (χ1n) is 6.23. The molecule has 110 valence electrons. The van der Waals surface area contributed by atoms with Gasteiger partial charge in [-0.2, -0.15) is 13.2 Å². The molecule has 1 unspecified atom stereocenters. The summed E-state index contributed by atoms with van der Waals surface area (Å²) < 4.78 is 43.4. The number of piperazine rings is 1. The zero-order chi connectivity index (χ0) is 14.6. The first-order valence-corrected chi connectivity index (χ1v) is 6.23. The van der Waals surface area contributed by atoms with Gasteiger partial charge in [0.2, 0.25) is 0 Å². The molecule has 1 aliphatic rings. The minimum absolute atomic E-state index is 0.0161. The van der Waals surface area contributed by atoms with Gasteiger partial charge in [-0.25, -0.2) is 4.79 Å². The van der Waals surface area contributed by atoms with Crippen molar-refractivity contribution >= 4 is 6.09 Å². The van der Waals surface area contributed by atoms with Crippen molar-refractivity contribution in [2.24, 2.45) is 0 Å². The van der Waals surface area contributed by atoms with E-state index in [1.807, 2.05) is 0 Å². The zero-order valence-electron chi connectivity index (χ0n) is 10.7. The number of rotatable bonds is 2. The second-order valence-corrected chi connectivity index (χ2v) is 4.50. The molecule has 20 heavy (non-hydrogen) atoms. The summed E-state index contributed by atoms with van der Waals surface area (Å²) in [6.45, 7) is -0.0249. The summed E-state index contributed by atoms with van der Waals surface area (Å²) in [6.07, 6.45) is -5.39. The fourth-order valence-electron chi connectivity index (χ4n) is 2.02. The van der Waals surface area contributed by atoms with E-state index in [2.05, 4.69) is 5.32 Å².